The molecule has 2 heterocycles. The van der Waals surface area contributed by atoms with Crippen LogP contribution < -0.4 is 48.3 Å². The van der Waals surface area contributed by atoms with Crippen LogP contribution in [0.4, 0.5) is 0 Å². The first-order valence-corrected chi connectivity index (χ1v) is 24.7. The minimum absolute atomic E-state index is 0.0101. The van der Waals surface area contributed by atoms with Crippen LogP contribution in [0.3, 0.4) is 0 Å². The molecule has 1 aromatic rings. The molecule has 2 fully saturated rings. The van der Waals surface area contributed by atoms with E-state index < -0.39 is 66.9 Å². The van der Waals surface area contributed by atoms with E-state index in [0.717, 1.165) is 44.1 Å². The van der Waals surface area contributed by atoms with E-state index in [9.17, 15) is 34.0 Å². The first kappa shape index (κ1) is 52.8. The SMILES string of the molecule is C=C1CNC(=O)C(CCCCNC(=O)CCCCC2CCSS2)NC(=O)CNC(=O)C(CCCCCC)NC(=O)[C@H](CCCNC(=N)N)N(O)CNC(=O)C(Cc2ccccc2)N1. The molecular weight excluding hydrogens is 847 g/mol. The van der Waals surface area contributed by atoms with Crippen molar-refractivity contribution in [1.29, 1.82) is 5.41 Å². The van der Waals surface area contributed by atoms with Gasteiger partial charge in [0.1, 0.15) is 24.2 Å². The highest BCUT2D eigenvalue weighted by Gasteiger charge is 2.31. The van der Waals surface area contributed by atoms with Gasteiger partial charge < -0.3 is 53.5 Å². The summed E-state index contributed by atoms with van der Waals surface area (Å²) in [6.45, 7) is 5.73. The van der Waals surface area contributed by atoms with Crippen LogP contribution in [0.25, 0.3) is 0 Å². The molecule has 2 aliphatic rings. The summed E-state index contributed by atoms with van der Waals surface area (Å²) in [6, 6.07) is 5.07. The molecule has 2 aliphatic heterocycles. The largest absolute Gasteiger partial charge is 0.376 e. The van der Waals surface area contributed by atoms with Gasteiger partial charge in [-0.1, -0.05) is 97.5 Å². The number of hydrogen-bond donors (Lipinski definition) is 11. The highest BCUT2D eigenvalue weighted by molar-refractivity contribution is 8.77. The third kappa shape index (κ3) is 22.1. The number of nitrogens with two attached hydrogens (primary N) is 1. The topological polar surface area (TPSA) is 272 Å². The molecule has 4 unspecified atom stereocenters. The molecule has 63 heavy (non-hydrogen) atoms. The van der Waals surface area contributed by atoms with Gasteiger partial charge >= 0.3 is 0 Å². The Morgan fingerprint density at radius 1 is 0.794 bits per heavy atom. The van der Waals surface area contributed by atoms with E-state index in [1.165, 1.54) is 12.2 Å². The number of unbranched alkanes of at least 4 members (excludes halogenated alkanes) is 5. The number of hydroxylamine groups is 2. The van der Waals surface area contributed by atoms with Gasteiger partial charge in [-0.15, -0.1) is 0 Å². The Balaban J connectivity index is 1.76. The van der Waals surface area contributed by atoms with E-state index in [4.69, 9.17) is 11.1 Å². The Bertz CT molecular complexity index is 1620. The zero-order valence-electron chi connectivity index (χ0n) is 36.8. The molecule has 2 saturated heterocycles. The van der Waals surface area contributed by atoms with Crippen LogP contribution in [0, 0.1) is 5.41 Å². The zero-order chi connectivity index (χ0) is 45.8. The Morgan fingerprint density at radius 2 is 1.46 bits per heavy atom. The first-order valence-electron chi connectivity index (χ1n) is 22.4. The Morgan fingerprint density at radius 3 is 2.16 bits per heavy atom. The number of rotatable bonds is 21. The number of nitrogens with zero attached hydrogens (tertiary/aromatic N) is 1. The summed E-state index contributed by atoms with van der Waals surface area (Å²) in [5, 5.41) is 42.4. The van der Waals surface area contributed by atoms with Crippen LogP contribution in [0.15, 0.2) is 42.6 Å². The summed E-state index contributed by atoms with van der Waals surface area (Å²) in [4.78, 5) is 80.6. The molecule has 0 aromatic heterocycles. The van der Waals surface area contributed by atoms with E-state index in [0.29, 0.717) is 54.7 Å². The van der Waals surface area contributed by atoms with Crippen LogP contribution in [-0.4, -0.2) is 120 Å². The third-order valence-electron chi connectivity index (χ3n) is 10.7. The number of carbonyl (C=O) groups is 6. The summed E-state index contributed by atoms with van der Waals surface area (Å²) in [5.41, 5.74) is 6.56. The highest BCUT2D eigenvalue weighted by Crippen LogP contribution is 2.39. The molecular formula is C43H71N11O7S2. The quantitative estimate of drug-likeness (QED) is 0.0366. The number of carbonyl (C=O) groups excluding carboxylic acids is 6. The average molecular weight is 918 g/mol. The van der Waals surface area contributed by atoms with Gasteiger partial charge in [0.25, 0.3) is 0 Å². The van der Waals surface area contributed by atoms with E-state index in [2.05, 4.69) is 49.1 Å². The molecule has 5 atom stereocenters. The number of hydrogen-bond acceptors (Lipinski definition) is 12. The lowest BCUT2D eigenvalue weighted by atomic mass is 10.0. The second-order valence-electron chi connectivity index (χ2n) is 16.0. The molecule has 0 saturated carbocycles. The maximum Gasteiger partial charge on any atom is 0.243 e. The van der Waals surface area contributed by atoms with Crippen molar-refractivity contribution in [2.75, 3.05) is 38.6 Å². The minimum Gasteiger partial charge on any atom is -0.376 e. The summed E-state index contributed by atoms with van der Waals surface area (Å²) < 4.78 is 0. The fourth-order valence-corrected chi connectivity index (χ4v) is 10.2. The molecule has 6 amide bonds. The maximum atomic E-state index is 13.9. The van der Waals surface area contributed by atoms with Gasteiger partial charge in [-0.05, 0) is 63.4 Å². The van der Waals surface area contributed by atoms with Crippen LogP contribution >= 0.6 is 21.6 Å². The van der Waals surface area contributed by atoms with Crippen molar-refractivity contribution in [3.05, 3.63) is 48.2 Å². The van der Waals surface area contributed by atoms with Crippen molar-refractivity contribution in [1.82, 2.24) is 47.6 Å². The van der Waals surface area contributed by atoms with Crippen LogP contribution in [0.5, 0.6) is 0 Å². The number of nitrogens with one attached hydrogen (secondary N) is 9. The second kappa shape index (κ2) is 30.5. The molecule has 12 N–H and O–H groups in total. The summed E-state index contributed by atoms with van der Waals surface area (Å²) in [7, 11) is 3.86. The fraction of sp³-hybridized carbons (Fsp3) is 0.651. The van der Waals surface area contributed by atoms with Crippen molar-refractivity contribution in [3.63, 3.8) is 0 Å². The van der Waals surface area contributed by atoms with Crippen molar-refractivity contribution in [2.24, 2.45) is 5.73 Å². The average Bonchev–Trinajstić information content (AvgIpc) is 3.79. The van der Waals surface area contributed by atoms with Gasteiger partial charge in [0, 0.05) is 42.6 Å². The number of guanidine groups is 1. The van der Waals surface area contributed by atoms with Crippen LogP contribution in [0.1, 0.15) is 109 Å². The predicted molar refractivity (Wildman–Crippen MR) is 248 cm³/mol. The molecule has 0 spiro atoms. The smallest absolute Gasteiger partial charge is 0.243 e. The van der Waals surface area contributed by atoms with Gasteiger partial charge in [-0.2, -0.15) is 5.06 Å². The number of benzene rings is 1. The van der Waals surface area contributed by atoms with Crippen molar-refractivity contribution < 1.29 is 34.0 Å². The van der Waals surface area contributed by atoms with E-state index in [1.54, 1.807) is 0 Å². The molecule has 18 nitrogen and oxygen atoms in total. The highest BCUT2D eigenvalue weighted by atomic mass is 33.1. The van der Waals surface area contributed by atoms with Crippen molar-refractivity contribution in [2.45, 2.75) is 139 Å². The molecule has 0 bridgehead atoms. The Labute approximate surface area is 380 Å². The standard InChI is InChI=1S/C43H71N11O7S2/c1-3-4-5-9-18-34-40(58)49-28-38(56)52-33(19-12-13-23-46-37(55)21-11-10-17-32-22-25-62-63-32)39(57)48-27-30(2)51-35(26-31-15-7-6-8-16-31)41(59)50-29-54(61)36(42(60)53-34)20-14-24-47-43(44)45/h6-8,15-16,32-36,51,61H,2-5,9-14,17-29H2,1H3,(H,46,55)(H,48,57)(H,49,58)(H,50,59)(H,52,56)(H,53,60)(H4,44,45,47)/t32?,33?,34?,35?,36-/m0/s1. The lowest BCUT2D eigenvalue weighted by Crippen LogP contribution is -2.57. The summed E-state index contributed by atoms with van der Waals surface area (Å²) >= 11 is 0. The second-order valence-corrected chi connectivity index (χ2v) is 18.8. The monoisotopic (exact) mass is 917 g/mol. The fourth-order valence-electron chi connectivity index (χ4n) is 7.13. The molecule has 1 aromatic carbocycles. The van der Waals surface area contributed by atoms with Gasteiger partial charge in [-0.3, -0.25) is 34.2 Å². The molecule has 20 heteroatoms. The van der Waals surface area contributed by atoms with E-state index >= 15 is 0 Å². The lowest BCUT2D eigenvalue weighted by molar-refractivity contribution is -0.162. The molecule has 3 rings (SSSR count). The van der Waals surface area contributed by atoms with E-state index in [1.807, 2.05) is 58.8 Å². The van der Waals surface area contributed by atoms with Gasteiger partial charge in [-0.25, -0.2) is 0 Å². The van der Waals surface area contributed by atoms with Gasteiger partial charge in [0.15, 0.2) is 5.96 Å². The van der Waals surface area contributed by atoms with Crippen molar-refractivity contribution >= 4 is 63.0 Å². The summed E-state index contributed by atoms with van der Waals surface area (Å²) in [5.74, 6) is -2.00. The minimum atomic E-state index is -1.22. The molecule has 352 valence electrons. The zero-order valence-corrected chi connectivity index (χ0v) is 38.4. The van der Waals surface area contributed by atoms with Crippen LogP contribution in [0.2, 0.25) is 0 Å². The van der Waals surface area contributed by atoms with Crippen molar-refractivity contribution in [3.8, 4) is 0 Å². The molecule has 0 radical (unpaired) electrons. The normalized spacial score (nSPS) is 22.4. The third-order valence-corrected chi connectivity index (χ3v) is 13.7. The lowest BCUT2D eigenvalue weighted by Gasteiger charge is -2.29. The predicted octanol–water partition coefficient (Wildman–Crippen LogP) is 2.28. The molecule has 0 aliphatic carbocycles. The first-order chi connectivity index (χ1) is 30.4. The Kier molecular flexibility index (Phi) is 25.6. The Hall–Kier alpha value is -4.53. The van der Waals surface area contributed by atoms with Crippen LogP contribution in [-0.2, 0) is 35.2 Å². The van der Waals surface area contributed by atoms with Gasteiger partial charge in [0.2, 0.25) is 35.4 Å². The number of amides is 6. The van der Waals surface area contributed by atoms with Gasteiger partial charge in [0.05, 0.1) is 19.8 Å². The summed E-state index contributed by atoms with van der Waals surface area (Å²) in [6.07, 6.45) is 10.1. The van der Waals surface area contributed by atoms with E-state index in [-0.39, 0.29) is 50.6 Å². The maximum absolute atomic E-state index is 13.9.